The number of nitrogens with zero attached hydrogens (tertiary/aromatic N) is 1. The number of hydrogen-bond donors (Lipinski definition) is 1. The zero-order chi connectivity index (χ0) is 15.1. The standard InChI is InChI=1S/C19H28N2/c1-4-12-21(14-17-6-7-17)15-18-8-10-19(11-9-18)16(3)13-20-5-2/h1,8-11,16-17,20H,5-7,12-15H2,2-3H3. The van der Waals surface area contributed by atoms with E-state index in [4.69, 9.17) is 6.42 Å². The number of nitrogens with one attached hydrogen (secondary N) is 1. The number of terminal acetylenes is 1. The maximum absolute atomic E-state index is 5.49. The first kappa shape index (κ1) is 16.1. The Morgan fingerprint density at radius 1 is 1.33 bits per heavy atom. The molecule has 1 saturated carbocycles. The van der Waals surface area contributed by atoms with E-state index in [1.807, 2.05) is 0 Å². The Hall–Kier alpha value is -1.30. The fraction of sp³-hybridized carbons (Fsp3) is 0.579. The number of likely N-dealkylation sites (N-methyl/N-ethyl adjacent to an activating group) is 1. The van der Waals surface area contributed by atoms with E-state index in [0.29, 0.717) is 5.92 Å². The molecule has 1 unspecified atom stereocenters. The summed E-state index contributed by atoms with van der Waals surface area (Å²) in [5.74, 6) is 4.24. The van der Waals surface area contributed by atoms with Crippen LogP contribution in [0.5, 0.6) is 0 Å². The molecule has 2 rings (SSSR count). The minimum Gasteiger partial charge on any atom is -0.316 e. The monoisotopic (exact) mass is 284 g/mol. The molecule has 1 aliphatic rings. The Kier molecular flexibility index (Phi) is 6.29. The molecule has 0 saturated heterocycles. The molecule has 0 radical (unpaired) electrons. The molecule has 2 heteroatoms. The van der Waals surface area contributed by atoms with Gasteiger partial charge in [-0.05, 0) is 42.3 Å². The van der Waals surface area contributed by atoms with Crippen LogP contribution in [0.1, 0.15) is 43.7 Å². The SMILES string of the molecule is C#CCN(Cc1ccc(C(C)CNCC)cc1)CC1CC1. The molecule has 1 N–H and O–H groups in total. The summed E-state index contributed by atoms with van der Waals surface area (Å²) in [6.07, 6.45) is 8.24. The van der Waals surface area contributed by atoms with Crippen LogP contribution in [0.2, 0.25) is 0 Å². The van der Waals surface area contributed by atoms with Crippen molar-refractivity contribution < 1.29 is 0 Å². The summed E-state index contributed by atoms with van der Waals surface area (Å²) in [5, 5.41) is 3.41. The fourth-order valence-corrected chi connectivity index (χ4v) is 2.67. The molecule has 1 atom stereocenters. The summed E-state index contributed by atoms with van der Waals surface area (Å²) in [6, 6.07) is 9.05. The van der Waals surface area contributed by atoms with Crippen molar-refractivity contribution in [2.45, 2.75) is 39.2 Å². The largest absolute Gasteiger partial charge is 0.316 e. The van der Waals surface area contributed by atoms with Crippen molar-refractivity contribution in [1.82, 2.24) is 10.2 Å². The van der Waals surface area contributed by atoms with Crippen molar-refractivity contribution in [2.75, 3.05) is 26.2 Å². The van der Waals surface area contributed by atoms with Gasteiger partial charge in [-0.25, -0.2) is 0 Å². The Balaban J connectivity index is 1.89. The Bertz CT molecular complexity index is 453. The minimum atomic E-state index is 0.562. The van der Waals surface area contributed by atoms with E-state index in [0.717, 1.165) is 38.6 Å². The summed E-state index contributed by atoms with van der Waals surface area (Å²) in [6.45, 7) is 9.39. The summed E-state index contributed by atoms with van der Waals surface area (Å²) < 4.78 is 0. The Morgan fingerprint density at radius 3 is 2.62 bits per heavy atom. The molecule has 0 aromatic heterocycles. The van der Waals surface area contributed by atoms with E-state index >= 15 is 0 Å². The highest BCUT2D eigenvalue weighted by molar-refractivity contribution is 5.25. The lowest BCUT2D eigenvalue weighted by Crippen LogP contribution is -2.26. The zero-order valence-corrected chi connectivity index (χ0v) is 13.4. The van der Waals surface area contributed by atoms with Gasteiger partial charge in [0.1, 0.15) is 0 Å². The second-order valence-electron chi connectivity index (χ2n) is 6.27. The lowest BCUT2D eigenvalue weighted by atomic mass is 9.99. The van der Waals surface area contributed by atoms with E-state index in [2.05, 4.69) is 54.3 Å². The van der Waals surface area contributed by atoms with Crippen LogP contribution in [0, 0.1) is 18.3 Å². The quantitative estimate of drug-likeness (QED) is 0.700. The molecule has 1 aliphatic carbocycles. The van der Waals surface area contributed by atoms with Crippen LogP contribution >= 0.6 is 0 Å². The Morgan fingerprint density at radius 2 is 2.05 bits per heavy atom. The van der Waals surface area contributed by atoms with Crippen LogP contribution in [0.3, 0.4) is 0 Å². The van der Waals surface area contributed by atoms with Crippen molar-refractivity contribution in [2.24, 2.45) is 5.92 Å². The van der Waals surface area contributed by atoms with Gasteiger partial charge in [0.15, 0.2) is 0 Å². The number of benzene rings is 1. The van der Waals surface area contributed by atoms with E-state index in [1.54, 1.807) is 0 Å². The average Bonchev–Trinajstić information content (AvgIpc) is 3.30. The van der Waals surface area contributed by atoms with Crippen molar-refractivity contribution in [1.29, 1.82) is 0 Å². The highest BCUT2D eigenvalue weighted by Crippen LogP contribution is 2.30. The van der Waals surface area contributed by atoms with Crippen LogP contribution in [-0.4, -0.2) is 31.1 Å². The first-order valence-electron chi connectivity index (χ1n) is 8.18. The van der Waals surface area contributed by atoms with Gasteiger partial charge in [0.2, 0.25) is 0 Å². The van der Waals surface area contributed by atoms with Gasteiger partial charge in [0, 0.05) is 19.6 Å². The average molecular weight is 284 g/mol. The molecule has 0 aliphatic heterocycles. The zero-order valence-electron chi connectivity index (χ0n) is 13.4. The Labute approximate surface area is 129 Å². The summed E-state index contributed by atoms with van der Waals surface area (Å²) in [7, 11) is 0. The molecule has 0 amide bonds. The topological polar surface area (TPSA) is 15.3 Å². The lowest BCUT2D eigenvalue weighted by Gasteiger charge is -2.20. The second kappa shape index (κ2) is 8.22. The van der Waals surface area contributed by atoms with Gasteiger partial charge in [-0.1, -0.05) is 44.0 Å². The molecular weight excluding hydrogens is 256 g/mol. The highest BCUT2D eigenvalue weighted by Gasteiger charge is 2.23. The first-order chi connectivity index (χ1) is 10.2. The van der Waals surface area contributed by atoms with Crippen LogP contribution < -0.4 is 5.32 Å². The van der Waals surface area contributed by atoms with E-state index in [-0.39, 0.29) is 0 Å². The fourth-order valence-electron chi connectivity index (χ4n) is 2.67. The van der Waals surface area contributed by atoms with Crippen LogP contribution in [-0.2, 0) is 6.54 Å². The summed E-state index contributed by atoms with van der Waals surface area (Å²) >= 11 is 0. The molecule has 1 aromatic rings. The molecule has 1 fully saturated rings. The van der Waals surface area contributed by atoms with E-state index in [9.17, 15) is 0 Å². The van der Waals surface area contributed by atoms with Gasteiger partial charge in [0.05, 0.1) is 6.54 Å². The van der Waals surface area contributed by atoms with Crippen molar-refractivity contribution in [3.63, 3.8) is 0 Å². The molecule has 0 spiro atoms. The molecule has 114 valence electrons. The maximum Gasteiger partial charge on any atom is 0.0601 e. The predicted molar refractivity (Wildman–Crippen MR) is 90.2 cm³/mol. The lowest BCUT2D eigenvalue weighted by molar-refractivity contribution is 0.286. The van der Waals surface area contributed by atoms with Gasteiger partial charge in [-0.3, -0.25) is 4.90 Å². The van der Waals surface area contributed by atoms with Crippen LogP contribution in [0.25, 0.3) is 0 Å². The smallest absolute Gasteiger partial charge is 0.0601 e. The van der Waals surface area contributed by atoms with Gasteiger partial charge < -0.3 is 5.32 Å². The normalized spacial score (nSPS) is 15.9. The van der Waals surface area contributed by atoms with Crippen molar-refractivity contribution >= 4 is 0 Å². The van der Waals surface area contributed by atoms with Gasteiger partial charge >= 0.3 is 0 Å². The third-order valence-electron chi connectivity index (χ3n) is 4.18. The van der Waals surface area contributed by atoms with Gasteiger partial charge in [-0.2, -0.15) is 0 Å². The highest BCUT2D eigenvalue weighted by atomic mass is 15.1. The van der Waals surface area contributed by atoms with Crippen molar-refractivity contribution in [3.8, 4) is 12.3 Å². The van der Waals surface area contributed by atoms with E-state index in [1.165, 1.54) is 24.0 Å². The predicted octanol–water partition coefficient (Wildman–Crippen LogP) is 3.24. The molecule has 1 aromatic carbocycles. The summed E-state index contributed by atoms with van der Waals surface area (Å²) in [5.41, 5.74) is 2.77. The van der Waals surface area contributed by atoms with Gasteiger partial charge in [0.25, 0.3) is 0 Å². The first-order valence-corrected chi connectivity index (χ1v) is 8.18. The van der Waals surface area contributed by atoms with E-state index < -0.39 is 0 Å². The van der Waals surface area contributed by atoms with Crippen LogP contribution in [0.4, 0.5) is 0 Å². The number of hydrogen-bond acceptors (Lipinski definition) is 2. The summed E-state index contributed by atoms with van der Waals surface area (Å²) in [4.78, 5) is 2.40. The minimum absolute atomic E-state index is 0.562. The maximum atomic E-state index is 5.49. The second-order valence-corrected chi connectivity index (χ2v) is 6.27. The molecule has 21 heavy (non-hydrogen) atoms. The molecule has 0 bridgehead atoms. The molecule has 0 heterocycles. The van der Waals surface area contributed by atoms with Crippen LogP contribution in [0.15, 0.2) is 24.3 Å². The third-order valence-corrected chi connectivity index (χ3v) is 4.18. The van der Waals surface area contributed by atoms with Gasteiger partial charge in [-0.15, -0.1) is 6.42 Å². The van der Waals surface area contributed by atoms with Crippen molar-refractivity contribution in [3.05, 3.63) is 35.4 Å². The molecular formula is C19H28N2. The third kappa shape index (κ3) is 5.53. The molecule has 2 nitrogen and oxygen atoms in total. The number of rotatable bonds is 9.